The number of anilines is 2. The van der Waals surface area contributed by atoms with Gasteiger partial charge in [-0.1, -0.05) is 33.6 Å². The fraction of sp³-hybridized carbons (Fsp3) is 0.458. The van der Waals surface area contributed by atoms with Gasteiger partial charge in [0.15, 0.2) is 0 Å². The van der Waals surface area contributed by atoms with Crippen LogP contribution >= 0.6 is 27.5 Å². The molecular weight excluding hydrogens is 540 g/mol. The summed E-state index contributed by atoms with van der Waals surface area (Å²) in [6.45, 7) is 8.24. The van der Waals surface area contributed by atoms with Crippen LogP contribution < -0.4 is 14.5 Å². The number of benzene rings is 2. The normalized spacial score (nSPS) is 18.9. The third-order valence-corrected chi connectivity index (χ3v) is 8.60. The van der Waals surface area contributed by atoms with Gasteiger partial charge in [0, 0.05) is 60.9 Å². The molecule has 1 saturated heterocycles. The molecule has 34 heavy (non-hydrogen) atoms. The molecule has 1 N–H and O–H groups in total. The second-order valence-electron chi connectivity index (χ2n) is 8.91. The summed E-state index contributed by atoms with van der Waals surface area (Å²) in [4.78, 5) is 18.7. The van der Waals surface area contributed by atoms with Crippen LogP contribution in [0.4, 0.5) is 11.4 Å². The van der Waals surface area contributed by atoms with E-state index >= 15 is 0 Å². The van der Waals surface area contributed by atoms with Crippen LogP contribution in [0, 0.1) is 0 Å². The first-order valence-electron chi connectivity index (χ1n) is 11.5. The summed E-state index contributed by atoms with van der Waals surface area (Å²) < 4.78 is 29.8. The first-order chi connectivity index (χ1) is 16.2. The van der Waals surface area contributed by atoms with Gasteiger partial charge < -0.3 is 9.80 Å². The first-order valence-corrected chi connectivity index (χ1v) is 14.2. The van der Waals surface area contributed by atoms with Gasteiger partial charge in [-0.3, -0.25) is 9.69 Å². The second-order valence-corrected chi connectivity index (χ2v) is 12.0. The molecule has 2 heterocycles. The van der Waals surface area contributed by atoms with Crippen molar-refractivity contribution in [3.05, 3.63) is 51.5 Å². The average molecular weight is 570 g/mol. The highest BCUT2D eigenvalue weighted by molar-refractivity contribution is 9.10. The van der Waals surface area contributed by atoms with E-state index in [0.717, 1.165) is 49.0 Å². The molecule has 184 valence electrons. The molecule has 1 atom stereocenters. The zero-order chi connectivity index (χ0) is 24.5. The van der Waals surface area contributed by atoms with Crippen LogP contribution in [0.25, 0.3) is 0 Å². The van der Waals surface area contributed by atoms with Crippen LogP contribution in [-0.2, 0) is 21.2 Å². The highest BCUT2D eigenvalue weighted by Gasteiger charge is 2.35. The van der Waals surface area contributed by atoms with Gasteiger partial charge in [0.05, 0.1) is 5.69 Å². The van der Waals surface area contributed by atoms with Crippen molar-refractivity contribution in [2.75, 3.05) is 49.1 Å². The van der Waals surface area contributed by atoms with Crippen molar-refractivity contribution in [3.8, 4) is 0 Å². The zero-order valence-corrected chi connectivity index (χ0v) is 22.6. The Morgan fingerprint density at radius 3 is 2.59 bits per heavy atom. The Morgan fingerprint density at radius 1 is 1.18 bits per heavy atom. The molecule has 2 aromatic rings. The quantitative estimate of drug-likeness (QED) is 0.512. The molecule has 0 spiro atoms. The zero-order valence-electron chi connectivity index (χ0n) is 19.4. The van der Waals surface area contributed by atoms with E-state index in [1.807, 2.05) is 31.2 Å². The molecule has 1 fully saturated rings. The number of halogens is 2. The number of hydrogen-bond acceptors (Lipinski definition) is 5. The Bertz CT molecular complexity index is 1170. The first kappa shape index (κ1) is 25.4. The van der Waals surface area contributed by atoms with Crippen molar-refractivity contribution in [1.29, 1.82) is 0 Å². The lowest BCUT2D eigenvalue weighted by molar-refractivity contribution is -0.116. The van der Waals surface area contributed by atoms with E-state index in [1.54, 1.807) is 11.0 Å². The number of carbonyl (C=O) groups is 1. The van der Waals surface area contributed by atoms with Crippen molar-refractivity contribution in [3.63, 3.8) is 0 Å². The van der Waals surface area contributed by atoms with Crippen LogP contribution in [-0.4, -0.2) is 64.5 Å². The molecule has 0 aromatic heterocycles. The predicted octanol–water partition coefficient (Wildman–Crippen LogP) is 3.89. The average Bonchev–Trinajstić information content (AvgIpc) is 3.12. The minimum Gasteiger partial charge on any atom is -0.369 e. The standard InChI is InChI=1S/C24H30BrClN4O3S/c1-17-13-19-14-20(25)15-23(24(19)30(17)18(2)31)34(32,33)27-7-4-8-28-9-11-29(12-10-28)22-6-3-5-21(26)16-22/h3,5-6,14-17,27H,4,7-13H2,1-2H3/t17-/m0/s1. The van der Waals surface area contributed by atoms with Gasteiger partial charge in [0.25, 0.3) is 0 Å². The molecular formula is C24H30BrClN4O3S. The number of fused-ring (bicyclic) bond motifs is 1. The number of hydrogen-bond donors (Lipinski definition) is 1. The van der Waals surface area contributed by atoms with E-state index in [4.69, 9.17) is 11.6 Å². The molecule has 4 rings (SSSR count). The summed E-state index contributed by atoms with van der Waals surface area (Å²) in [6.07, 6.45) is 1.34. The summed E-state index contributed by atoms with van der Waals surface area (Å²) in [5.41, 5.74) is 2.51. The Balaban J connectivity index is 1.33. The Kier molecular flexibility index (Phi) is 7.89. The van der Waals surface area contributed by atoms with Crippen molar-refractivity contribution in [1.82, 2.24) is 9.62 Å². The summed E-state index contributed by atoms with van der Waals surface area (Å²) in [5.74, 6) is -0.151. The van der Waals surface area contributed by atoms with Crippen LogP contribution in [0.15, 0.2) is 45.8 Å². The van der Waals surface area contributed by atoms with Crippen molar-refractivity contribution in [2.24, 2.45) is 0 Å². The third kappa shape index (κ3) is 5.60. The van der Waals surface area contributed by atoms with Gasteiger partial charge in [-0.2, -0.15) is 0 Å². The maximum Gasteiger partial charge on any atom is 0.242 e. The monoisotopic (exact) mass is 568 g/mol. The second kappa shape index (κ2) is 10.5. The number of amides is 1. The van der Waals surface area contributed by atoms with E-state index in [-0.39, 0.29) is 16.8 Å². The van der Waals surface area contributed by atoms with Crippen molar-refractivity contribution in [2.45, 2.75) is 37.6 Å². The molecule has 0 saturated carbocycles. The number of piperazine rings is 1. The fourth-order valence-electron chi connectivity index (χ4n) is 4.85. The summed E-state index contributed by atoms with van der Waals surface area (Å²) in [6, 6.07) is 11.3. The van der Waals surface area contributed by atoms with Gasteiger partial charge in [0.2, 0.25) is 15.9 Å². The molecule has 0 aliphatic carbocycles. The van der Waals surface area contributed by atoms with Crippen LogP contribution in [0.3, 0.4) is 0 Å². The summed E-state index contributed by atoms with van der Waals surface area (Å²) in [7, 11) is -3.76. The van der Waals surface area contributed by atoms with E-state index in [1.165, 1.54) is 6.92 Å². The Morgan fingerprint density at radius 2 is 1.91 bits per heavy atom. The highest BCUT2D eigenvalue weighted by atomic mass is 79.9. The lowest BCUT2D eigenvalue weighted by atomic mass is 10.1. The number of rotatable bonds is 7. The SMILES string of the molecule is CC(=O)N1c2c(cc(Br)cc2S(=O)(=O)NCCCN2CCN(c3cccc(Cl)c3)CC2)C[C@@H]1C. The van der Waals surface area contributed by atoms with Crippen molar-refractivity contribution >= 4 is 54.8 Å². The van der Waals surface area contributed by atoms with Gasteiger partial charge in [-0.15, -0.1) is 0 Å². The summed E-state index contributed by atoms with van der Waals surface area (Å²) in [5, 5.41) is 0.740. The molecule has 2 aromatic carbocycles. The van der Waals surface area contributed by atoms with E-state index in [2.05, 4.69) is 36.5 Å². The minimum absolute atomic E-state index is 0.0682. The van der Waals surface area contributed by atoms with Gasteiger partial charge in [0.1, 0.15) is 4.90 Å². The highest BCUT2D eigenvalue weighted by Crippen LogP contribution is 2.40. The number of sulfonamides is 1. The maximum atomic E-state index is 13.2. The van der Waals surface area contributed by atoms with E-state index in [0.29, 0.717) is 29.5 Å². The molecule has 0 radical (unpaired) electrons. The molecule has 7 nitrogen and oxygen atoms in total. The minimum atomic E-state index is -3.76. The van der Waals surface area contributed by atoms with E-state index in [9.17, 15) is 13.2 Å². The van der Waals surface area contributed by atoms with Gasteiger partial charge >= 0.3 is 0 Å². The van der Waals surface area contributed by atoms with Crippen LogP contribution in [0.5, 0.6) is 0 Å². The van der Waals surface area contributed by atoms with Gasteiger partial charge in [-0.25, -0.2) is 13.1 Å². The molecule has 1 amide bonds. The number of nitrogens with zero attached hydrogens (tertiary/aromatic N) is 3. The van der Waals surface area contributed by atoms with Crippen LogP contribution in [0.1, 0.15) is 25.8 Å². The van der Waals surface area contributed by atoms with E-state index < -0.39 is 10.0 Å². The topological polar surface area (TPSA) is 73.0 Å². The predicted molar refractivity (Wildman–Crippen MR) is 140 cm³/mol. The third-order valence-electron chi connectivity index (χ3n) is 6.43. The largest absolute Gasteiger partial charge is 0.369 e. The van der Waals surface area contributed by atoms with Crippen molar-refractivity contribution < 1.29 is 13.2 Å². The molecule has 10 heteroatoms. The number of nitrogens with one attached hydrogen (secondary N) is 1. The Labute approximate surface area is 215 Å². The molecule has 2 aliphatic rings. The summed E-state index contributed by atoms with van der Waals surface area (Å²) >= 11 is 9.54. The number of carbonyl (C=O) groups excluding carboxylic acids is 1. The Hall–Kier alpha value is -1.65. The molecule has 2 aliphatic heterocycles. The molecule has 0 unspecified atom stereocenters. The molecule has 0 bridgehead atoms. The van der Waals surface area contributed by atoms with Crippen LogP contribution in [0.2, 0.25) is 5.02 Å². The maximum absolute atomic E-state index is 13.2. The lowest BCUT2D eigenvalue weighted by Gasteiger charge is -2.36. The lowest BCUT2D eigenvalue weighted by Crippen LogP contribution is -2.47. The smallest absolute Gasteiger partial charge is 0.242 e. The fourth-order valence-corrected chi connectivity index (χ4v) is 7.03. The van der Waals surface area contributed by atoms with Gasteiger partial charge in [-0.05, 0) is 62.2 Å².